The molecule has 0 fully saturated rings. The lowest BCUT2D eigenvalue weighted by atomic mass is 10.2. The van der Waals surface area contributed by atoms with E-state index in [0.29, 0.717) is 6.54 Å². The van der Waals surface area contributed by atoms with Crippen LogP contribution in [0.15, 0.2) is 41.1 Å². The van der Waals surface area contributed by atoms with Gasteiger partial charge >= 0.3 is 0 Å². The summed E-state index contributed by atoms with van der Waals surface area (Å²) in [5, 5.41) is 0. The van der Waals surface area contributed by atoms with Gasteiger partial charge in [-0.05, 0) is 30.8 Å². The van der Waals surface area contributed by atoms with E-state index in [0.717, 1.165) is 30.1 Å². The number of aromatic nitrogens is 1. The van der Waals surface area contributed by atoms with E-state index in [1.54, 1.807) is 6.26 Å². The number of rotatable bonds is 5. The first kappa shape index (κ1) is 11.8. The molecule has 0 saturated carbocycles. The molecule has 2 heterocycles. The van der Waals surface area contributed by atoms with Crippen molar-refractivity contribution in [3.05, 3.63) is 53.7 Å². The van der Waals surface area contributed by atoms with Gasteiger partial charge in [-0.15, -0.1) is 0 Å². The largest absolute Gasteiger partial charge is 0.468 e. The molecule has 0 bridgehead atoms. The zero-order valence-electron chi connectivity index (χ0n) is 9.97. The number of furan rings is 1. The van der Waals surface area contributed by atoms with E-state index < -0.39 is 0 Å². The summed E-state index contributed by atoms with van der Waals surface area (Å²) in [5.41, 5.74) is 7.62. The molecule has 0 atom stereocenters. The van der Waals surface area contributed by atoms with Crippen LogP contribution in [0.25, 0.3) is 0 Å². The Hall–Kier alpha value is -1.65. The zero-order valence-corrected chi connectivity index (χ0v) is 9.97. The van der Waals surface area contributed by atoms with Crippen LogP contribution in [0.4, 0.5) is 0 Å². The molecule has 17 heavy (non-hydrogen) atoms. The summed E-state index contributed by atoms with van der Waals surface area (Å²) < 4.78 is 5.30. The van der Waals surface area contributed by atoms with Gasteiger partial charge in [0, 0.05) is 19.3 Å². The molecule has 0 aromatic carbocycles. The highest BCUT2D eigenvalue weighted by Crippen LogP contribution is 2.07. The summed E-state index contributed by atoms with van der Waals surface area (Å²) in [6.07, 6.45) is 3.52. The second kappa shape index (κ2) is 5.61. The Morgan fingerprint density at radius 1 is 1.29 bits per heavy atom. The van der Waals surface area contributed by atoms with E-state index in [1.165, 1.54) is 0 Å². The predicted octanol–water partition coefficient (Wildman–Crippen LogP) is 1.77. The van der Waals surface area contributed by atoms with E-state index in [9.17, 15) is 0 Å². The van der Waals surface area contributed by atoms with Gasteiger partial charge in [0.05, 0.1) is 18.5 Å². The maximum Gasteiger partial charge on any atom is 0.117 e. The lowest BCUT2D eigenvalue weighted by molar-refractivity contribution is 0.285. The van der Waals surface area contributed by atoms with E-state index in [2.05, 4.69) is 9.88 Å². The Labute approximate surface area is 101 Å². The Kier molecular flexibility index (Phi) is 3.90. The normalized spacial score (nSPS) is 11.0. The van der Waals surface area contributed by atoms with Crippen molar-refractivity contribution in [2.24, 2.45) is 5.73 Å². The van der Waals surface area contributed by atoms with Crippen molar-refractivity contribution >= 4 is 0 Å². The number of nitrogens with two attached hydrogens (primary N) is 1. The molecule has 2 rings (SSSR count). The SMILES string of the molecule is CN(Cc1ccc(CN)cn1)Cc1ccco1. The monoisotopic (exact) mass is 231 g/mol. The van der Waals surface area contributed by atoms with Crippen molar-refractivity contribution in [1.29, 1.82) is 0 Å². The fourth-order valence-corrected chi connectivity index (χ4v) is 1.67. The fourth-order valence-electron chi connectivity index (χ4n) is 1.67. The molecular formula is C13H17N3O. The highest BCUT2D eigenvalue weighted by molar-refractivity contribution is 5.13. The molecule has 0 aliphatic heterocycles. The van der Waals surface area contributed by atoms with E-state index >= 15 is 0 Å². The number of hydrogen-bond donors (Lipinski definition) is 1. The van der Waals surface area contributed by atoms with Crippen molar-refractivity contribution in [1.82, 2.24) is 9.88 Å². The minimum Gasteiger partial charge on any atom is -0.468 e. The first-order valence-electron chi connectivity index (χ1n) is 5.62. The summed E-state index contributed by atoms with van der Waals surface area (Å²) >= 11 is 0. The van der Waals surface area contributed by atoms with E-state index in [4.69, 9.17) is 10.2 Å². The molecule has 2 aromatic heterocycles. The number of nitrogens with zero attached hydrogens (tertiary/aromatic N) is 2. The van der Waals surface area contributed by atoms with E-state index in [-0.39, 0.29) is 0 Å². The lowest BCUT2D eigenvalue weighted by Crippen LogP contribution is -2.17. The maximum atomic E-state index is 5.53. The summed E-state index contributed by atoms with van der Waals surface area (Å²) in [7, 11) is 2.04. The Morgan fingerprint density at radius 3 is 2.76 bits per heavy atom. The Balaban J connectivity index is 1.91. The smallest absolute Gasteiger partial charge is 0.117 e. The van der Waals surface area contributed by atoms with Crippen LogP contribution in [0, 0.1) is 0 Å². The molecule has 0 radical (unpaired) electrons. The van der Waals surface area contributed by atoms with E-state index in [1.807, 2.05) is 37.5 Å². The van der Waals surface area contributed by atoms with Gasteiger partial charge in [-0.2, -0.15) is 0 Å². The van der Waals surface area contributed by atoms with Crippen molar-refractivity contribution in [2.45, 2.75) is 19.6 Å². The van der Waals surface area contributed by atoms with Gasteiger partial charge in [0.15, 0.2) is 0 Å². The van der Waals surface area contributed by atoms with Crippen LogP contribution >= 0.6 is 0 Å². The highest BCUT2D eigenvalue weighted by Gasteiger charge is 2.04. The average molecular weight is 231 g/mol. The summed E-state index contributed by atoms with van der Waals surface area (Å²) in [6, 6.07) is 7.91. The topological polar surface area (TPSA) is 55.3 Å². The van der Waals surface area contributed by atoms with Crippen LogP contribution in [-0.2, 0) is 19.6 Å². The fraction of sp³-hybridized carbons (Fsp3) is 0.308. The molecule has 4 nitrogen and oxygen atoms in total. The van der Waals surface area contributed by atoms with Crippen LogP contribution in [0.2, 0.25) is 0 Å². The zero-order chi connectivity index (χ0) is 12.1. The van der Waals surface area contributed by atoms with Crippen molar-refractivity contribution in [3.63, 3.8) is 0 Å². The van der Waals surface area contributed by atoms with Gasteiger partial charge in [-0.1, -0.05) is 6.07 Å². The van der Waals surface area contributed by atoms with Crippen LogP contribution in [0.3, 0.4) is 0 Å². The van der Waals surface area contributed by atoms with Crippen molar-refractivity contribution in [3.8, 4) is 0 Å². The van der Waals surface area contributed by atoms with Gasteiger partial charge in [0.2, 0.25) is 0 Å². The van der Waals surface area contributed by atoms with Crippen LogP contribution < -0.4 is 5.73 Å². The van der Waals surface area contributed by atoms with Gasteiger partial charge in [-0.25, -0.2) is 0 Å². The second-order valence-electron chi connectivity index (χ2n) is 4.11. The average Bonchev–Trinajstić information content (AvgIpc) is 2.82. The highest BCUT2D eigenvalue weighted by atomic mass is 16.3. The second-order valence-corrected chi connectivity index (χ2v) is 4.11. The predicted molar refractivity (Wildman–Crippen MR) is 66.0 cm³/mol. The minimum atomic E-state index is 0.537. The number of pyridine rings is 1. The van der Waals surface area contributed by atoms with Crippen molar-refractivity contribution < 1.29 is 4.42 Å². The maximum absolute atomic E-state index is 5.53. The molecule has 2 aromatic rings. The molecule has 0 unspecified atom stereocenters. The molecule has 0 saturated heterocycles. The Bertz CT molecular complexity index is 436. The Morgan fingerprint density at radius 2 is 2.18 bits per heavy atom. The van der Waals surface area contributed by atoms with Crippen LogP contribution in [0.5, 0.6) is 0 Å². The van der Waals surface area contributed by atoms with Gasteiger partial charge in [0.1, 0.15) is 5.76 Å². The van der Waals surface area contributed by atoms with Crippen LogP contribution in [0.1, 0.15) is 17.0 Å². The van der Waals surface area contributed by atoms with Gasteiger partial charge in [-0.3, -0.25) is 9.88 Å². The molecular weight excluding hydrogens is 214 g/mol. The summed E-state index contributed by atoms with van der Waals surface area (Å²) in [5.74, 6) is 0.964. The first-order valence-corrected chi connectivity index (χ1v) is 5.62. The third-order valence-electron chi connectivity index (χ3n) is 2.56. The molecule has 2 N–H and O–H groups in total. The van der Waals surface area contributed by atoms with Gasteiger partial charge < -0.3 is 10.2 Å². The van der Waals surface area contributed by atoms with Gasteiger partial charge in [0.25, 0.3) is 0 Å². The molecule has 0 aliphatic rings. The standard InChI is InChI=1S/C13H17N3O/c1-16(10-13-3-2-6-17-13)9-12-5-4-11(7-14)8-15-12/h2-6,8H,7,9-10,14H2,1H3. The minimum absolute atomic E-state index is 0.537. The molecule has 0 amide bonds. The quantitative estimate of drug-likeness (QED) is 0.852. The molecule has 0 aliphatic carbocycles. The third-order valence-corrected chi connectivity index (χ3v) is 2.56. The van der Waals surface area contributed by atoms with Crippen LogP contribution in [-0.4, -0.2) is 16.9 Å². The molecule has 4 heteroatoms. The summed E-state index contributed by atoms with van der Waals surface area (Å²) in [4.78, 5) is 6.52. The van der Waals surface area contributed by atoms with Crippen molar-refractivity contribution in [2.75, 3.05) is 7.05 Å². The lowest BCUT2D eigenvalue weighted by Gasteiger charge is -2.14. The summed E-state index contributed by atoms with van der Waals surface area (Å²) in [6.45, 7) is 2.12. The number of hydrogen-bond acceptors (Lipinski definition) is 4. The first-order chi connectivity index (χ1) is 8.28. The molecule has 0 spiro atoms. The third kappa shape index (κ3) is 3.41. The molecule has 90 valence electrons.